The average molecular weight is 478 g/mol. The third-order valence-corrected chi connectivity index (χ3v) is 6.97. The molecule has 0 aliphatic heterocycles. The fourth-order valence-corrected chi connectivity index (χ4v) is 5.13. The summed E-state index contributed by atoms with van der Waals surface area (Å²) >= 11 is 1.61. The highest BCUT2D eigenvalue weighted by atomic mass is 32.2. The maximum absolute atomic E-state index is 12.4. The number of hydrogen-bond donors (Lipinski definition) is 2. The zero-order valence-electron chi connectivity index (χ0n) is 18.9. The molecule has 6 nitrogen and oxygen atoms in total. The van der Waals surface area contributed by atoms with Gasteiger partial charge >= 0.3 is 12.1 Å². The lowest BCUT2D eigenvalue weighted by Crippen LogP contribution is -2.41. The average Bonchev–Trinajstić information content (AvgIpc) is 3.18. The van der Waals surface area contributed by atoms with Crippen LogP contribution in [0.3, 0.4) is 0 Å². The molecule has 0 bridgehead atoms. The number of nitrogens with one attached hydrogen (secondary N) is 1. The molecule has 0 heterocycles. The van der Waals surface area contributed by atoms with E-state index in [4.69, 9.17) is 9.47 Å². The van der Waals surface area contributed by atoms with Crippen molar-refractivity contribution in [1.29, 1.82) is 0 Å². The summed E-state index contributed by atoms with van der Waals surface area (Å²) in [6.07, 6.45) is -0.408. The van der Waals surface area contributed by atoms with E-state index in [0.717, 1.165) is 39.3 Å². The molecule has 3 aromatic carbocycles. The highest BCUT2D eigenvalue weighted by Crippen LogP contribution is 2.44. The van der Waals surface area contributed by atoms with Gasteiger partial charge in [-0.05, 0) is 52.1 Å². The van der Waals surface area contributed by atoms with Crippen molar-refractivity contribution in [2.75, 3.05) is 19.5 Å². The predicted molar refractivity (Wildman–Crippen MR) is 133 cm³/mol. The van der Waals surface area contributed by atoms with Gasteiger partial charge in [-0.25, -0.2) is 9.59 Å². The van der Waals surface area contributed by atoms with Crippen LogP contribution < -0.4 is 10.1 Å². The van der Waals surface area contributed by atoms with E-state index in [9.17, 15) is 14.7 Å². The lowest BCUT2D eigenvalue weighted by molar-refractivity contribution is -0.139. The van der Waals surface area contributed by atoms with Crippen molar-refractivity contribution in [3.8, 4) is 16.9 Å². The zero-order chi connectivity index (χ0) is 23.9. The summed E-state index contributed by atoms with van der Waals surface area (Å²) in [5.41, 5.74) is 5.64. The Bertz CT molecular complexity index is 1100. The Hall–Kier alpha value is -3.45. The Morgan fingerprint density at radius 1 is 0.971 bits per heavy atom. The number of carbonyl (C=O) groups is 2. The van der Waals surface area contributed by atoms with Gasteiger partial charge < -0.3 is 19.9 Å². The highest BCUT2D eigenvalue weighted by molar-refractivity contribution is 7.98. The van der Waals surface area contributed by atoms with Crippen molar-refractivity contribution in [3.05, 3.63) is 89.5 Å². The number of carbonyl (C=O) groups excluding carboxylic acids is 1. The van der Waals surface area contributed by atoms with Gasteiger partial charge in [0.05, 0.1) is 7.11 Å². The number of fused-ring (bicyclic) bond motifs is 3. The zero-order valence-corrected chi connectivity index (χ0v) is 19.7. The van der Waals surface area contributed by atoms with Crippen LogP contribution in [0.2, 0.25) is 0 Å². The van der Waals surface area contributed by atoms with Gasteiger partial charge in [-0.2, -0.15) is 11.8 Å². The molecule has 2 N–H and O–H groups in total. The van der Waals surface area contributed by atoms with Crippen molar-refractivity contribution in [2.45, 2.75) is 24.1 Å². The summed E-state index contributed by atoms with van der Waals surface area (Å²) in [5, 5.41) is 12.1. The van der Waals surface area contributed by atoms with Crippen molar-refractivity contribution in [1.82, 2.24) is 5.32 Å². The molecule has 176 valence electrons. The molecule has 34 heavy (non-hydrogen) atoms. The van der Waals surface area contributed by atoms with Crippen LogP contribution >= 0.6 is 11.8 Å². The lowest BCUT2D eigenvalue weighted by atomic mass is 9.98. The van der Waals surface area contributed by atoms with E-state index in [0.29, 0.717) is 12.2 Å². The first-order chi connectivity index (χ1) is 16.6. The molecule has 0 fully saturated rings. The van der Waals surface area contributed by atoms with Crippen LogP contribution in [0, 0.1) is 0 Å². The third kappa shape index (κ3) is 5.54. The molecule has 7 heteroatoms. The minimum atomic E-state index is -1.07. The fraction of sp³-hybridized carbons (Fsp3) is 0.259. The molecule has 0 saturated heterocycles. The lowest BCUT2D eigenvalue weighted by Gasteiger charge is -2.17. The number of ether oxygens (including phenoxy) is 2. The molecule has 0 unspecified atom stereocenters. The van der Waals surface area contributed by atoms with E-state index in [1.54, 1.807) is 18.9 Å². The summed E-state index contributed by atoms with van der Waals surface area (Å²) in [4.78, 5) is 24.1. The minimum absolute atomic E-state index is 0.0681. The fourth-order valence-electron chi connectivity index (χ4n) is 4.15. The quantitative estimate of drug-likeness (QED) is 0.385. The first kappa shape index (κ1) is 23.7. The monoisotopic (exact) mass is 477 g/mol. The number of carboxylic acid groups (broad SMARTS) is 1. The molecule has 1 atom stereocenters. The summed E-state index contributed by atoms with van der Waals surface area (Å²) in [7, 11) is 1.62. The molecule has 1 amide bonds. The topological polar surface area (TPSA) is 84.9 Å². The second-order valence-corrected chi connectivity index (χ2v) is 9.16. The van der Waals surface area contributed by atoms with Crippen molar-refractivity contribution in [2.24, 2.45) is 0 Å². The van der Waals surface area contributed by atoms with Crippen molar-refractivity contribution < 1.29 is 24.2 Å². The van der Waals surface area contributed by atoms with E-state index in [2.05, 4.69) is 17.4 Å². The second-order valence-electron chi connectivity index (χ2n) is 8.05. The van der Waals surface area contributed by atoms with E-state index >= 15 is 0 Å². The van der Waals surface area contributed by atoms with Crippen LogP contribution in [0.25, 0.3) is 11.1 Å². The number of rotatable bonds is 10. The third-order valence-electron chi connectivity index (χ3n) is 5.91. The van der Waals surface area contributed by atoms with Gasteiger partial charge in [0.2, 0.25) is 0 Å². The predicted octanol–water partition coefficient (Wildman–Crippen LogP) is 5.31. The van der Waals surface area contributed by atoms with E-state index in [-0.39, 0.29) is 12.5 Å². The summed E-state index contributed by atoms with van der Waals surface area (Å²) in [5.74, 6) is 1.00. The smallest absolute Gasteiger partial charge is 0.407 e. The minimum Gasteiger partial charge on any atom is -0.497 e. The Balaban J connectivity index is 1.27. The standard InChI is InChI=1S/C27H27NO5S/c1-32-19-12-10-18(11-13-19)17-34-15-14-25(26(29)30)28-27(31)33-16-24-22-8-4-2-6-20(22)21-7-3-5-9-23(21)24/h2-13,24-25H,14-17H2,1H3,(H,28,31)(H,29,30)/t25-/m1/s1. The Kier molecular flexibility index (Phi) is 7.75. The Labute approximate surface area is 203 Å². The molecule has 0 saturated carbocycles. The van der Waals surface area contributed by atoms with Crippen molar-refractivity contribution >= 4 is 23.8 Å². The molecule has 0 radical (unpaired) electrons. The molecule has 0 aromatic heterocycles. The molecule has 0 spiro atoms. The highest BCUT2D eigenvalue weighted by Gasteiger charge is 2.29. The number of hydrogen-bond acceptors (Lipinski definition) is 5. The molecule has 1 aliphatic rings. The van der Waals surface area contributed by atoms with Gasteiger partial charge in [0.1, 0.15) is 18.4 Å². The van der Waals surface area contributed by atoms with Crippen LogP contribution in [0.4, 0.5) is 4.79 Å². The number of benzene rings is 3. The summed E-state index contributed by atoms with van der Waals surface area (Å²) < 4.78 is 10.6. The molecular formula is C27H27NO5S. The molecular weight excluding hydrogens is 450 g/mol. The largest absolute Gasteiger partial charge is 0.497 e. The Morgan fingerprint density at radius 2 is 1.59 bits per heavy atom. The van der Waals surface area contributed by atoms with Crippen LogP contribution in [0.5, 0.6) is 5.75 Å². The first-order valence-electron chi connectivity index (χ1n) is 11.1. The molecule has 4 rings (SSSR count). The first-order valence-corrected chi connectivity index (χ1v) is 12.3. The second kappa shape index (κ2) is 11.1. The van der Waals surface area contributed by atoms with Gasteiger partial charge in [0.15, 0.2) is 0 Å². The normalized spacial score (nSPS) is 13.0. The van der Waals surface area contributed by atoms with Crippen LogP contribution in [0.15, 0.2) is 72.8 Å². The van der Waals surface area contributed by atoms with Crippen LogP contribution in [0.1, 0.15) is 29.0 Å². The number of aliphatic carboxylic acids is 1. The number of amides is 1. The number of methoxy groups -OCH3 is 1. The van der Waals surface area contributed by atoms with Gasteiger partial charge in [-0.3, -0.25) is 0 Å². The summed E-state index contributed by atoms with van der Waals surface area (Å²) in [6, 6.07) is 22.9. The maximum atomic E-state index is 12.4. The van der Waals surface area contributed by atoms with E-state index in [1.807, 2.05) is 60.7 Å². The molecule has 3 aromatic rings. The number of alkyl carbamates (subject to hydrolysis) is 1. The van der Waals surface area contributed by atoms with Gasteiger partial charge in [-0.15, -0.1) is 0 Å². The number of thioether (sulfide) groups is 1. The van der Waals surface area contributed by atoms with Crippen LogP contribution in [-0.4, -0.2) is 42.7 Å². The van der Waals surface area contributed by atoms with Crippen molar-refractivity contribution in [3.63, 3.8) is 0 Å². The van der Waals surface area contributed by atoms with Gasteiger partial charge in [0, 0.05) is 11.7 Å². The van der Waals surface area contributed by atoms with E-state index < -0.39 is 18.1 Å². The summed E-state index contributed by atoms with van der Waals surface area (Å²) in [6.45, 7) is 0.151. The van der Waals surface area contributed by atoms with Crippen LogP contribution in [-0.2, 0) is 15.3 Å². The van der Waals surface area contributed by atoms with Gasteiger partial charge in [-0.1, -0.05) is 60.7 Å². The number of carboxylic acids is 1. The SMILES string of the molecule is COc1ccc(CSCC[C@@H](NC(=O)OCC2c3ccccc3-c3ccccc32)C(=O)O)cc1. The van der Waals surface area contributed by atoms with Gasteiger partial charge in [0.25, 0.3) is 0 Å². The Morgan fingerprint density at radius 3 is 2.18 bits per heavy atom. The van der Waals surface area contributed by atoms with E-state index in [1.165, 1.54) is 0 Å². The maximum Gasteiger partial charge on any atom is 0.407 e. The molecule has 1 aliphatic carbocycles.